The molecule has 3 N–H and O–H groups in total. The van der Waals surface area contributed by atoms with Gasteiger partial charge in [0, 0.05) is 5.56 Å². The summed E-state index contributed by atoms with van der Waals surface area (Å²) in [6, 6.07) is 19.2. The Bertz CT molecular complexity index is 1490. The Morgan fingerprint density at radius 3 is 2.53 bits per heavy atom. The van der Waals surface area contributed by atoms with Gasteiger partial charge < -0.3 is 20.9 Å². The third-order valence-corrected chi connectivity index (χ3v) is 6.30. The van der Waals surface area contributed by atoms with Gasteiger partial charge in [-0.3, -0.25) is 10.0 Å². The molecule has 0 aliphatic carbocycles. The number of hydrogen-bond donors (Lipinski definition) is 2. The zero-order chi connectivity index (χ0) is 22.4. The maximum absolute atomic E-state index is 13.5. The van der Waals surface area contributed by atoms with Gasteiger partial charge in [0.2, 0.25) is 0 Å². The summed E-state index contributed by atoms with van der Waals surface area (Å²) in [6.45, 7) is 0. The topological polar surface area (TPSA) is 117 Å². The molecule has 2 heterocycles. The van der Waals surface area contributed by atoms with Crippen LogP contribution in [0.5, 0.6) is 5.75 Å². The van der Waals surface area contributed by atoms with Crippen LogP contribution in [0.2, 0.25) is 0 Å². The van der Waals surface area contributed by atoms with Gasteiger partial charge in [0.1, 0.15) is 11.6 Å². The number of hydrogen-bond acceptors (Lipinski definition) is 8. The molecule has 160 valence electrons. The molecule has 0 saturated heterocycles. The lowest BCUT2D eigenvalue weighted by Gasteiger charge is -2.22. The van der Waals surface area contributed by atoms with Crippen molar-refractivity contribution in [3.8, 4) is 22.0 Å². The van der Waals surface area contributed by atoms with Crippen LogP contribution >= 0.6 is 11.3 Å². The molecule has 5 aromatic rings. The molecule has 32 heavy (non-hydrogen) atoms. The molecule has 0 fully saturated rings. The van der Waals surface area contributed by atoms with E-state index in [4.69, 9.17) is 10.5 Å². The molecular formula is C23H17N4O4S-. The number of aromatic nitrogens is 2. The number of anilines is 2. The number of nitrogens with two attached hydrogens (primary N) is 1. The lowest BCUT2D eigenvalue weighted by Crippen LogP contribution is -2.23. The van der Waals surface area contributed by atoms with Gasteiger partial charge >= 0.3 is 0 Å². The monoisotopic (exact) mass is 445 g/mol. The summed E-state index contributed by atoms with van der Waals surface area (Å²) in [4.78, 5) is 18.1. The van der Waals surface area contributed by atoms with Crippen molar-refractivity contribution in [3.63, 3.8) is 0 Å². The van der Waals surface area contributed by atoms with Gasteiger partial charge in [-0.15, -0.1) is 0 Å². The van der Waals surface area contributed by atoms with E-state index in [-0.39, 0.29) is 22.1 Å². The summed E-state index contributed by atoms with van der Waals surface area (Å²) >= 11 is 1.34. The van der Waals surface area contributed by atoms with E-state index in [9.17, 15) is 15.2 Å². The second-order valence-corrected chi connectivity index (χ2v) is 8.11. The molecule has 0 spiro atoms. The fourth-order valence-corrected chi connectivity index (χ4v) is 4.71. The first kappa shape index (κ1) is 20.0. The predicted molar refractivity (Wildman–Crippen MR) is 127 cm³/mol. The Morgan fingerprint density at radius 2 is 1.84 bits per heavy atom. The molecule has 0 unspecified atom stereocenters. The number of fused-ring (bicyclic) bond motifs is 2. The molecule has 8 nitrogen and oxygen atoms in total. The predicted octanol–water partition coefficient (Wildman–Crippen LogP) is 4.55. The maximum atomic E-state index is 13.5. The van der Waals surface area contributed by atoms with Crippen LogP contribution in [-0.2, 0) is 0 Å². The van der Waals surface area contributed by atoms with E-state index >= 15 is 0 Å². The summed E-state index contributed by atoms with van der Waals surface area (Å²) in [6.07, 6.45) is 0. The van der Waals surface area contributed by atoms with Gasteiger partial charge in [-0.05, 0) is 47.3 Å². The average Bonchev–Trinajstić information content (AvgIpc) is 3.23. The summed E-state index contributed by atoms with van der Waals surface area (Å²) in [7, 11) is 1.58. The second-order valence-electron chi connectivity index (χ2n) is 7.10. The van der Waals surface area contributed by atoms with Crippen molar-refractivity contribution in [2.75, 3.05) is 18.1 Å². The molecule has 0 aliphatic heterocycles. The van der Waals surface area contributed by atoms with E-state index in [0.717, 1.165) is 15.8 Å². The van der Waals surface area contributed by atoms with Crippen molar-refractivity contribution in [1.82, 2.24) is 9.55 Å². The first-order valence-corrected chi connectivity index (χ1v) is 10.4. The third-order valence-electron chi connectivity index (χ3n) is 5.28. The van der Waals surface area contributed by atoms with Crippen LogP contribution < -0.4 is 21.3 Å². The number of thiazole rings is 1. The van der Waals surface area contributed by atoms with Crippen molar-refractivity contribution in [1.29, 1.82) is 0 Å². The molecule has 0 saturated carbocycles. The molecule has 5 rings (SSSR count). The zero-order valence-corrected chi connectivity index (χ0v) is 17.7. The fourth-order valence-electron chi connectivity index (χ4n) is 3.73. The maximum Gasteiger partial charge on any atom is 0.266 e. The minimum atomic E-state index is -0.433. The van der Waals surface area contributed by atoms with Crippen molar-refractivity contribution in [2.45, 2.75) is 0 Å². The number of para-hydroxylation sites is 1. The van der Waals surface area contributed by atoms with Crippen LogP contribution in [0, 0.1) is 5.21 Å². The summed E-state index contributed by atoms with van der Waals surface area (Å²) in [5.74, 6) is 0.906. The van der Waals surface area contributed by atoms with Crippen LogP contribution in [0.15, 0.2) is 71.5 Å². The van der Waals surface area contributed by atoms with Crippen LogP contribution in [-0.4, -0.2) is 21.9 Å². The molecule has 0 aliphatic rings. The van der Waals surface area contributed by atoms with E-state index in [1.165, 1.54) is 28.0 Å². The van der Waals surface area contributed by atoms with Crippen LogP contribution in [0.25, 0.3) is 37.2 Å². The first-order valence-electron chi connectivity index (χ1n) is 9.62. The smallest absolute Gasteiger partial charge is 0.266 e. The van der Waals surface area contributed by atoms with Gasteiger partial charge in [-0.25, -0.2) is 9.55 Å². The molecule has 0 bridgehead atoms. The Balaban J connectivity index is 1.87. The van der Waals surface area contributed by atoms with E-state index in [0.29, 0.717) is 21.8 Å². The highest BCUT2D eigenvalue weighted by atomic mass is 32.1. The summed E-state index contributed by atoms with van der Waals surface area (Å²) in [5.41, 5.74) is 8.22. The quantitative estimate of drug-likeness (QED) is 0.390. The van der Waals surface area contributed by atoms with Gasteiger partial charge in [-0.2, -0.15) is 0 Å². The Morgan fingerprint density at radius 1 is 1.09 bits per heavy atom. The van der Waals surface area contributed by atoms with Crippen LogP contribution in [0.3, 0.4) is 0 Å². The average molecular weight is 445 g/mol. The SMILES string of the molecule is COc1ccc(-c2c(N)n(-c3nc4ccccc4s3)c(=O)c3cc(N([O-])O)ccc23)cc1. The van der Waals surface area contributed by atoms with E-state index in [2.05, 4.69) is 4.98 Å². The van der Waals surface area contributed by atoms with Crippen molar-refractivity contribution < 1.29 is 9.94 Å². The van der Waals surface area contributed by atoms with E-state index in [1.807, 2.05) is 36.4 Å². The molecule has 0 amide bonds. The number of rotatable bonds is 4. The summed E-state index contributed by atoms with van der Waals surface area (Å²) in [5, 5.41) is 21.8. The zero-order valence-electron chi connectivity index (χ0n) is 16.9. The van der Waals surface area contributed by atoms with Crippen molar-refractivity contribution in [2.24, 2.45) is 0 Å². The number of methoxy groups -OCH3 is 1. The van der Waals surface area contributed by atoms with Gasteiger partial charge in [0.15, 0.2) is 5.13 Å². The van der Waals surface area contributed by atoms with E-state index < -0.39 is 5.56 Å². The summed E-state index contributed by atoms with van der Waals surface area (Å²) < 4.78 is 7.51. The van der Waals surface area contributed by atoms with Crippen molar-refractivity contribution >= 4 is 43.8 Å². The lowest BCUT2D eigenvalue weighted by molar-refractivity contribution is 0.296. The highest BCUT2D eigenvalue weighted by molar-refractivity contribution is 7.20. The van der Waals surface area contributed by atoms with Crippen molar-refractivity contribution in [3.05, 3.63) is 82.3 Å². The number of nitrogens with zero attached hydrogens (tertiary/aromatic N) is 3. The largest absolute Gasteiger partial charge is 0.733 e. The van der Waals surface area contributed by atoms with Gasteiger partial charge in [0.25, 0.3) is 5.56 Å². The first-order chi connectivity index (χ1) is 15.5. The highest BCUT2D eigenvalue weighted by Gasteiger charge is 2.20. The Kier molecular flexibility index (Phi) is 4.78. The molecule has 0 radical (unpaired) electrons. The molecule has 0 atom stereocenters. The fraction of sp³-hybridized carbons (Fsp3) is 0.0435. The standard InChI is InChI=1S/C23H17N4O4S/c1-31-15-9-6-13(7-10-15)20-16-11-8-14(27(29)30)12-17(16)22(28)26(21(20)24)23-25-18-4-2-3-5-19(18)32-23/h2-12,29H,24H2,1H3/q-1. The highest BCUT2D eigenvalue weighted by Crippen LogP contribution is 2.37. The van der Waals surface area contributed by atoms with E-state index in [1.54, 1.807) is 25.3 Å². The minimum Gasteiger partial charge on any atom is -0.733 e. The number of ether oxygens (including phenoxy) is 1. The molecular weight excluding hydrogens is 428 g/mol. The van der Waals surface area contributed by atoms with Crippen LogP contribution in [0.1, 0.15) is 0 Å². The number of nitrogen functional groups attached to an aromatic ring is 1. The molecule has 3 aromatic carbocycles. The number of pyridine rings is 1. The Labute approximate surface area is 185 Å². The van der Waals surface area contributed by atoms with Gasteiger partial charge in [-0.1, -0.05) is 41.7 Å². The third kappa shape index (κ3) is 3.16. The minimum absolute atomic E-state index is 0.0593. The second kappa shape index (κ2) is 7.65. The Hall–Kier alpha value is -3.92. The normalized spacial score (nSPS) is 11.2. The van der Waals surface area contributed by atoms with Gasteiger partial charge in [0.05, 0.1) is 28.4 Å². The van der Waals surface area contributed by atoms with Crippen LogP contribution in [0.4, 0.5) is 11.5 Å². The number of benzene rings is 3. The molecule has 9 heteroatoms. The lowest BCUT2D eigenvalue weighted by atomic mass is 9.98. The molecule has 2 aromatic heterocycles.